The van der Waals surface area contributed by atoms with Crippen LogP contribution in [0, 0.1) is 0 Å². The van der Waals surface area contributed by atoms with Gasteiger partial charge in [-0.2, -0.15) is 13.8 Å². The molecule has 2 unspecified atom stereocenters. The number of esters is 1. The van der Waals surface area contributed by atoms with Gasteiger partial charge in [-0.15, -0.1) is 0 Å². The van der Waals surface area contributed by atoms with E-state index in [4.69, 9.17) is 18.3 Å². The Kier molecular flexibility index (Phi) is 6.40. The molecular weight excluding hydrogens is 506 g/mol. The van der Waals surface area contributed by atoms with Crippen LogP contribution < -0.4 is 9.64 Å². The van der Waals surface area contributed by atoms with Crippen LogP contribution >= 0.6 is 0 Å². The van der Waals surface area contributed by atoms with Gasteiger partial charge >= 0.3 is 18.2 Å². The lowest BCUT2D eigenvalue weighted by molar-refractivity contribution is -0.216. The second-order valence-electron chi connectivity index (χ2n) is 10.1. The second kappa shape index (κ2) is 9.44. The second-order valence-corrected chi connectivity index (χ2v) is 10.1. The zero-order valence-electron chi connectivity index (χ0n) is 21.4. The first-order chi connectivity index (χ1) is 18.0. The van der Waals surface area contributed by atoms with E-state index in [1.54, 1.807) is 4.90 Å². The number of benzene rings is 1. The van der Waals surface area contributed by atoms with Crippen molar-refractivity contribution in [3.63, 3.8) is 0 Å². The highest BCUT2D eigenvalue weighted by atomic mass is 19.3. The number of rotatable bonds is 6. The lowest BCUT2D eigenvalue weighted by Crippen LogP contribution is -2.56. The molecule has 2 aliphatic rings. The van der Waals surface area contributed by atoms with Crippen molar-refractivity contribution in [2.24, 2.45) is 0 Å². The van der Waals surface area contributed by atoms with Crippen molar-refractivity contribution in [3.05, 3.63) is 24.6 Å². The van der Waals surface area contributed by atoms with Crippen LogP contribution in [0.3, 0.4) is 0 Å². The zero-order chi connectivity index (χ0) is 27.2. The number of fused-ring (bicyclic) bond motifs is 3. The Bertz CT molecular complexity index is 1320. The number of alkyl halides is 2. The fourth-order valence-corrected chi connectivity index (χ4v) is 4.78. The van der Waals surface area contributed by atoms with E-state index in [-0.39, 0.29) is 53.5 Å². The number of hydrogen-bond acceptors (Lipinski definition) is 10. The smallest absolute Gasteiger partial charge is 0.459 e. The van der Waals surface area contributed by atoms with Crippen molar-refractivity contribution in [3.8, 4) is 17.2 Å². The maximum atomic E-state index is 14.5. The molecule has 2 saturated heterocycles. The Labute approximate surface area is 216 Å². The highest BCUT2D eigenvalue weighted by molar-refractivity contribution is 5.93. The number of amides is 1. The summed E-state index contributed by atoms with van der Waals surface area (Å²) >= 11 is 0. The fourth-order valence-electron chi connectivity index (χ4n) is 4.78. The third-order valence-corrected chi connectivity index (χ3v) is 6.27. The molecular formula is C25H28F2N4O7. The third-order valence-electron chi connectivity index (χ3n) is 6.27. The summed E-state index contributed by atoms with van der Waals surface area (Å²) in [6.07, 6.45) is -0.253. The van der Waals surface area contributed by atoms with Crippen molar-refractivity contribution in [2.45, 2.75) is 64.3 Å². The number of piperazine rings is 1. The van der Waals surface area contributed by atoms with Crippen LogP contribution in [0.4, 0.5) is 19.6 Å². The molecule has 0 N–H and O–H groups in total. The van der Waals surface area contributed by atoms with Crippen molar-refractivity contribution in [1.29, 1.82) is 0 Å². The van der Waals surface area contributed by atoms with Crippen LogP contribution in [0.25, 0.3) is 22.6 Å². The molecule has 2 bridgehead atoms. The van der Waals surface area contributed by atoms with Crippen LogP contribution in [0.15, 0.2) is 33.4 Å². The topological polar surface area (TPSA) is 120 Å². The first-order valence-electron chi connectivity index (χ1n) is 12.3. The van der Waals surface area contributed by atoms with Crippen LogP contribution in [-0.4, -0.2) is 70.4 Å². The largest absolute Gasteiger partial charge is 0.502 e. The Hall–Kier alpha value is -3.90. The summed E-state index contributed by atoms with van der Waals surface area (Å²) in [6, 6.07) is 2.57. The molecule has 3 aromatic rings. The van der Waals surface area contributed by atoms with Gasteiger partial charge in [0.25, 0.3) is 6.01 Å². The van der Waals surface area contributed by atoms with Crippen molar-refractivity contribution in [2.75, 3.05) is 24.6 Å². The van der Waals surface area contributed by atoms with Crippen LogP contribution in [-0.2, 0) is 14.3 Å². The Balaban J connectivity index is 1.47. The summed E-state index contributed by atoms with van der Waals surface area (Å²) in [6.45, 7) is 7.45. The number of nitrogens with zero attached hydrogens (tertiary/aromatic N) is 4. The molecule has 2 aliphatic heterocycles. The van der Waals surface area contributed by atoms with E-state index >= 15 is 0 Å². The Morgan fingerprint density at radius 2 is 1.87 bits per heavy atom. The van der Waals surface area contributed by atoms with Gasteiger partial charge in [-0.05, 0) is 52.7 Å². The SMILES string of the molecule is CCOC(=O)C(F)(F)Oc1ccc(-c2ncco2)c2oc(N3CC4CCC(C3)N4C(=O)OC(C)(C)C)nc12. The predicted octanol–water partition coefficient (Wildman–Crippen LogP) is 4.61. The Morgan fingerprint density at radius 3 is 2.47 bits per heavy atom. The minimum atomic E-state index is -4.25. The number of carbonyl (C=O) groups is 2. The monoisotopic (exact) mass is 534 g/mol. The molecule has 2 aromatic heterocycles. The van der Waals surface area contributed by atoms with Gasteiger partial charge in [0, 0.05) is 13.1 Å². The van der Waals surface area contributed by atoms with Gasteiger partial charge in [0.05, 0.1) is 30.5 Å². The number of carbonyl (C=O) groups excluding carboxylic acids is 2. The van der Waals surface area contributed by atoms with Crippen molar-refractivity contribution in [1.82, 2.24) is 14.9 Å². The summed E-state index contributed by atoms with van der Waals surface area (Å²) in [5, 5.41) is 0. The first-order valence-corrected chi connectivity index (χ1v) is 12.3. The molecule has 38 heavy (non-hydrogen) atoms. The molecule has 2 atom stereocenters. The molecule has 11 nitrogen and oxygen atoms in total. The molecule has 13 heteroatoms. The quantitative estimate of drug-likeness (QED) is 0.415. The molecule has 4 heterocycles. The number of ether oxygens (including phenoxy) is 3. The van der Waals surface area contributed by atoms with Gasteiger partial charge in [0.2, 0.25) is 5.89 Å². The fraction of sp³-hybridized carbons (Fsp3) is 0.520. The van der Waals surface area contributed by atoms with Crippen LogP contribution in [0.2, 0.25) is 0 Å². The highest BCUT2D eigenvalue weighted by Crippen LogP contribution is 2.40. The maximum Gasteiger partial charge on any atom is 0.502 e. The standard InChI is InChI=1S/C25H28F2N4O7/c1-5-34-21(32)25(26,27)37-17-9-8-16(20-28-10-11-35-20)19-18(17)29-22(36-19)30-12-14-6-7-15(13-30)31(14)23(33)38-24(2,3)4/h8-11,14-15H,5-7,12-13H2,1-4H3. The van der Waals surface area contributed by atoms with Crippen molar-refractivity contribution >= 4 is 29.2 Å². The van der Waals surface area contributed by atoms with E-state index < -0.39 is 17.7 Å². The minimum Gasteiger partial charge on any atom is -0.459 e. The van der Waals surface area contributed by atoms with Gasteiger partial charge in [0.15, 0.2) is 16.8 Å². The van der Waals surface area contributed by atoms with E-state index in [9.17, 15) is 18.4 Å². The molecule has 1 aromatic carbocycles. The molecule has 1 amide bonds. The Morgan fingerprint density at radius 1 is 1.16 bits per heavy atom. The van der Waals surface area contributed by atoms with Gasteiger partial charge in [0.1, 0.15) is 11.9 Å². The van der Waals surface area contributed by atoms with E-state index in [1.807, 2.05) is 25.7 Å². The normalized spacial score (nSPS) is 19.6. The summed E-state index contributed by atoms with van der Waals surface area (Å²) in [4.78, 5) is 36.8. The minimum absolute atomic E-state index is 0.0402. The van der Waals surface area contributed by atoms with E-state index in [2.05, 4.69) is 14.7 Å². The van der Waals surface area contributed by atoms with Crippen LogP contribution in [0.1, 0.15) is 40.5 Å². The first kappa shape index (κ1) is 25.7. The molecule has 0 spiro atoms. The number of halogens is 2. The number of aromatic nitrogens is 2. The lowest BCUT2D eigenvalue weighted by atomic mass is 10.2. The summed E-state index contributed by atoms with van der Waals surface area (Å²) < 4.78 is 55.2. The van der Waals surface area contributed by atoms with Gasteiger partial charge in [-0.25, -0.2) is 14.6 Å². The molecule has 0 radical (unpaired) electrons. The lowest BCUT2D eigenvalue weighted by Gasteiger charge is -2.40. The predicted molar refractivity (Wildman–Crippen MR) is 129 cm³/mol. The molecule has 0 saturated carbocycles. The molecule has 204 valence electrons. The summed E-state index contributed by atoms with van der Waals surface area (Å²) in [5.74, 6) is -2.00. The number of oxazole rings is 2. The van der Waals surface area contributed by atoms with E-state index in [1.165, 1.54) is 31.5 Å². The number of anilines is 1. The average Bonchev–Trinajstić information content (AvgIpc) is 3.57. The molecule has 2 fully saturated rings. The van der Waals surface area contributed by atoms with Crippen molar-refractivity contribution < 1.29 is 41.4 Å². The average molecular weight is 535 g/mol. The molecule has 5 rings (SSSR count). The van der Waals surface area contributed by atoms with Gasteiger partial charge < -0.3 is 27.9 Å². The van der Waals surface area contributed by atoms with E-state index in [0.29, 0.717) is 18.7 Å². The summed E-state index contributed by atoms with van der Waals surface area (Å²) in [5.41, 5.74) is -0.194. The van der Waals surface area contributed by atoms with Gasteiger partial charge in [-0.3, -0.25) is 4.90 Å². The molecule has 0 aliphatic carbocycles. The highest BCUT2D eigenvalue weighted by Gasteiger charge is 2.47. The van der Waals surface area contributed by atoms with Crippen LogP contribution in [0.5, 0.6) is 5.75 Å². The van der Waals surface area contributed by atoms with Gasteiger partial charge in [-0.1, -0.05) is 0 Å². The number of hydrogen-bond donors (Lipinski definition) is 0. The third kappa shape index (κ3) is 4.84. The summed E-state index contributed by atoms with van der Waals surface area (Å²) in [7, 11) is 0. The van der Waals surface area contributed by atoms with E-state index in [0.717, 1.165) is 12.8 Å². The maximum absolute atomic E-state index is 14.5. The zero-order valence-corrected chi connectivity index (χ0v) is 21.4.